The van der Waals surface area contributed by atoms with Gasteiger partial charge in [0, 0.05) is 63.5 Å². The number of amides is 2. The summed E-state index contributed by atoms with van der Waals surface area (Å²) in [4.78, 5) is 32.8. The zero-order valence-electron chi connectivity index (χ0n) is 25.1. The minimum absolute atomic E-state index is 0.0167. The zero-order chi connectivity index (χ0) is 30.2. The number of carbonyl (C=O) groups excluding carboxylic acids is 2. The van der Waals surface area contributed by atoms with Crippen LogP contribution in [0.25, 0.3) is 0 Å². The lowest BCUT2D eigenvalue weighted by atomic mass is 10.1. The molecule has 1 saturated heterocycles. The van der Waals surface area contributed by atoms with Crippen molar-refractivity contribution in [3.63, 3.8) is 0 Å². The molecule has 1 aliphatic heterocycles. The molecule has 2 amide bonds. The Labute approximate surface area is 247 Å². The van der Waals surface area contributed by atoms with Crippen molar-refractivity contribution in [1.82, 2.24) is 14.7 Å². The van der Waals surface area contributed by atoms with Crippen LogP contribution in [0.15, 0.2) is 36.4 Å². The van der Waals surface area contributed by atoms with Crippen molar-refractivity contribution in [2.24, 2.45) is 5.92 Å². The van der Waals surface area contributed by atoms with Crippen molar-refractivity contribution in [1.29, 1.82) is 0 Å². The summed E-state index contributed by atoms with van der Waals surface area (Å²) in [5.74, 6) is -0.181. The summed E-state index contributed by atoms with van der Waals surface area (Å²) in [6.07, 6.45) is 3.52. The fourth-order valence-corrected chi connectivity index (χ4v) is 5.45. The average molecular weight is 588 g/mol. The third kappa shape index (κ3) is 8.64. The third-order valence-electron chi connectivity index (χ3n) is 7.81. The molecule has 0 N–H and O–H groups in total. The molecule has 4 rings (SSSR count). The standard InChI is InChI=1S/C32H43F2N3O5/c1-22(2)37(32(39)25-6-9-29(41-4)30(17-25)42-13-5-12-40-3)21-35-11-10-23(19-35)20-36(28-7-8-28)31(38)16-24-14-26(33)18-27(34)15-24/h6,9,14-15,17-18,22-23,28H,5,7-8,10-13,16,19-21H2,1-4H3/t23-/m1/s1. The van der Waals surface area contributed by atoms with E-state index in [1.54, 1.807) is 32.4 Å². The molecule has 1 aliphatic carbocycles. The minimum atomic E-state index is -0.674. The Morgan fingerprint density at radius 3 is 2.38 bits per heavy atom. The summed E-state index contributed by atoms with van der Waals surface area (Å²) in [5, 5.41) is 0. The molecule has 0 spiro atoms. The Balaban J connectivity index is 1.36. The van der Waals surface area contributed by atoms with E-state index >= 15 is 0 Å². The first-order valence-corrected chi connectivity index (χ1v) is 14.8. The number of halogens is 2. The van der Waals surface area contributed by atoms with Gasteiger partial charge in [0.25, 0.3) is 5.91 Å². The lowest BCUT2D eigenvalue weighted by Crippen LogP contribution is -2.45. The first-order valence-electron chi connectivity index (χ1n) is 14.8. The van der Waals surface area contributed by atoms with Crippen molar-refractivity contribution >= 4 is 11.8 Å². The van der Waals surface area contributed by atoms with Crippen molar-refractivity contribution in [3.8, 4) is 11.5 Å². The van der Waals surface area contributed by atoms with E-state index in [0.717, 1.165) is 44.8 Å². The first kappa shape index (κ1) is 31.7. The summed E-state index contributed by atoms with van der Waals surface area (Å²) in [5.41, 5.74) is 0.880. The maximum Gasteiger partial charge on any atom is 0.255 e. The monoisotopic (exact) mass is 587 g/mol. The van der Waals surface area contributed by atoms with Crippen LogP contribution in [0.1, 0.15) is 55.5 Å². The molecule has 0 bridgehead atoms. The number of benzene rings is 2. The fraction of sp³-hybridized carbons (Fsp3) is 0.562. The van der Waals surface area contributed by atoms with E-state index in [2.05, 4.69) is 4.90 Å². The van der Waals surface area contributed by atoms with E-state index in [4.69, 9.17) is 14.2 Å². The molecule has 1 saturated carbocycles. The molecular formula is C32H43F2N3O5. The summed E-state index contributed by atoms with van der Waals surface area (Å²) < 4.78 is 43.7. The SMILES string of the molecule is COCCCOc1cc(C(=O)N(CN2CC[C@@H](CN(C(=O)Cc3cc(F)cc(F)c3)C3CC3)C2)C(C)C)ccc1OC. The summed E-state index contributed by atoms with van der Waals surface area (Å²) in [6, 6.07) is 8.68. The molecule has 10 heteroatoms. The highest BCUT2D eigenvalue weighted by Gasteiger charge is 2.36. The smallest absolute Gasteiger partial charge is 0.255 e. The van der Waals surface area contributed by atoms with Crippen LogP contribution in [0.5, 0.6) is 11.5 Å². The molecule has 0 unspecified atom stereocenters. The number of hydrogen-bond acceptors (Lipinski definition) is 6. The first-order chi connectivity index (χ1) is 20.2. The van der Waals surface area contributed by atoms with Gasteiger partial charge in [0.2, 0.25) is 5.91 Å². The van der Waals surface area contributed by atoms with Gasteiger partial charge in [-0.05, 0) is 74.9 Å². The number of rotatable bonds is 15. The van der Waals surface area contributed by atoms with E-state index in [9.17, 15) is 18.4 Å². The summed E-state index contributed by atoms with van der Waals surface area (Å²) in [7, 11) is 3.21. The van der Waals surface area contributed by atoms with Crippen LogP contribution in [0, 0.1) is 17.6 Å². The Bertz CT molecular complexity index is 1200. The quantitative estimate of drug-likeness (QED) is 0.280. The van der Waals surface area contributed by atoms with Gasteiger partial charge in [-0.1, -0.05) is 0 Å². The summed E-state index contributed by atoms with van der Waals surface area (Å²) >= 11 is 0. The molecule has 2 aromatic rings. The normalized spacial score (nSPS) is 17.0. The highest BCUT2D eigenvalue weighted by molar-refractivity contribution is 5.95. The average Bonchev–Trinajstić information content (AvgIpc) is 3.69. The Hall–Kier alpha value is -3.24. The molecule has 230 valence electrons. The molecule has 2 aliphatic rings. The van der Waals surface area contributed by atoms with E-state index in [1.165, 1.54) is 12.1 Å². The molecule has 8 nitrogen and oxygen atoms in total. The van der Waals surface area contributed by atoms with Gasteiger partial charge in [-0.25, -0.2) is 8.78 Å². The van der Waals surface area contributed by atoms with Crippen LogP contribution < -0.4 is 9.47 Å². The van der Waals surface area contributed by atoms with Crippen LogP contribution in [0.3, 0.4) is 0 Å². The van der Waals surface area contributed by atoms with Gasteiger partial charge in [0.05, 0.1) is 26.8 Å². The van der Waals surface area contributed by atoms with Crippen molar-refractivity contribution in [2.45, 2.75) is 58.0 Å². The molecule has 42 heavy (non-hydrogen) atoms. The highest BCUT2D eigenvalue weighted by Crippen LogP contribution is 2.31. The van der Waals surface area contributed by atoms with E-state index in [-0.39, 0.29) is 36.2 Å². The number of likely N-dealkylation sites (tertiary alicyclic amines) is 1. The lowest BCUT2D eigenvalue weighted by Gasteiger charge is -2.32. The number of ether oxygens (including phenoxy) is 3. The zero-order valence-corrected chi connectivity index (χ0v) is 25.1. The number of carbonyl (C=O) groups is 2. The largest absolute Gasteiger partial charge is 0.493 e. The molecule has 1 atom stereocenters. The number of hydrogen-bond donors (Lipinski definition) is 0. The van der Waals surface area contributed by atoms with Gasteiger partial charge in [0.1, 0.15) is 11.6 Å². The van der Waals surface area contributed by atoms with Crippen LogP contribution >= 0.6 is 0 Å². The van der Waals surface area contributed by atoms with Gasteiger partial charge < -0.3 is 24.0 Å². The molecule has 2 aromatic carbocycles. The Morgan fingerprint density at radius 2 is 1.74 bits per heavy atom. The van der Waals surface area contributed by atoms with Gasteiger partial charge in [-0.3, -0.25) is 14.5 Å². The number of nitrogens with zero attached hydrogens (tertiary/aromatic N) is 3. The molecular weight excluding hydrogens is 544 g/mol. The van der Waals surface area contributed by atoms with Crippen molar-refractivity contribution < 1.29 is 32.6 Å². The topological polar surface area (TPSA) is 71.6 Å². The van der Waals surface area contributed by atoms with E-state index in [1.807, 2.05) is 23.6 Å². The van der Waals surface area contributed by atoms with Gasteiger partial charge in [-0.15, -0.1) is 0 Å². The Kier molecular flexibility index (Phi) is 11.2. The van der Waals surface area contributed by atoms with Crippen LogP contribution in [0.2, 0.25) is 0 Å². The minimum Gasteiger partial charge on any atom is -0.493 e. The molecule has 2 fully saturated rings. The lowest BCUT2D eigenvalue weighted by molar-refractivity contribution is -0.131. The highest BCUT2D eigenvalue weighted by atomic mass is 19.1. The van der Waals surface area contributed by atoms with Crippen LogP contribution in [0.4, 0.5) is 8.78 Å². The van der Waals surface area contributed by atoms with E-state index < -0.39 is 11.6 Å². The third-order valence-corrected chi connectivity index (χ3v) is 7.81. The number of methoxy groups -OCH3 is 2. The second kappa shape index (κ2) is 14.8. The van der Waals surface area contributed by atoms with Gasteiger partial charge >= 0.3 is 0 Å². The van der Waals surface area contributed by atoms with Crippen molar-refractivity contribution in [3.05, 3.63) is 59.2 Å². The molecule has 1 heterocycles. The second-order valence-electron chi connectivity index (χ2n) is 11.5. The maximum absolute atomic E-state index is 13.7. The van der Waals surface area contributed by atoms with Crippen LogP contribution in [-0.2, 0) is 16.0 Å². The molecule has 0 radical (unpaired) electrons. The summed E-state index contributed by atoms with van der Waals surface area (Å²) in [6.45, 7) is 7.69. The predicted octanol–water partition coefficient (Wildman–Crippen LogP) is 4.75. The van der Waals surface area contributed by atoms with Gasteiger partial charge in [0.15, 0.2) is 11.5 Å². The maximum atomic E-state index is 13.7. The fourth-order valence-electron chi connectivity index (χ4n) is 5.45. The molecule has 0 aromatic heterocycles. The second-order valence-corrected chi connectivity index (χ2v) is 11.5. The van der Waals surface area contributed by atoms with Crippen molar-refractivity contribution in [2.75, 3.05) is 53.7 Å². The Morgan fingerprint density at radius 1 is 1.00 bits per heavy atom. The predicted molar refractivity (Wildman–Crippen MR) is 156 cm³/mol. The van der Waals surface area contributed by atoms with Gasteiger partial charge in [-0.2, -0.15) is 0 Å². The van der Waals surface area contributed by atoms with Crippen LogP contribution in [-0.4, -0.2) is 92.3 Å². The van der Waals surface area contributed by atoms with E-state index in [0.29, 0.717) is 49.1 Å².